The Morgan fingerprint density at radius 2 is 2.21 bits per heavy atom. The Labute approximate surface area is 114 Å². The van der Waals surface area contributed by atoms with Crippen LogP contribution in [-0.2, 0) is 4.74 Å². The number of anilines is 1. The summed E-state index contributed by atoms with van der Waals surface area (Å²) in [5, 5.41) is 10.5. The Balaban J connectivity index is 2.08. The van der Waals surface area contributed by atoms with Gasteiger partial charge in [-0.1, -0.05) is 0 Å². The minimum absolute atomic E-state index is 0.535. The van der Waals surface area contributed by atoms with Gasteiger partial charge in [-0.05, 0) is 19.1 Å². The molecule has 1 fully saturated rings. The van der Waals surface area contributed by atoms with E-state index in [0.29, 0.717) is 39.2 Å². The van der Waals surface area contributed by atoms with Crippen LogP contribution in [-0.4, -0.2) is 49.1 Å². The van der Waals surface area contributed by atoms with Gasteiger partial charge in [-0.3, -0.25) is 0 Å². The molecule has 2 heterocycles. The van der Waals surface area contributed by atoms with Gasteiger partial charge in [0.15, 0.2) is 11.6 Å². The molecule has 2 rings (SSSR count). The number of likely N-dealkylation sites (N-methyl/N-ethyl adjacent to an activating group) is 1. The summed E-state index contributed by atoms with van der Waals surface area (Å²) < 4.78 is 10.9. The number of rotatable bonds is 5. The quantitative estimate of drug-likeness (QED) is 0.874. The summed E-state index contributed by atoms with van der Waals surface area (Å²) >= 11 is 0. The minimum Gasteiger partial charge on any atom is -0.490 e. The zero-order valence-electron chi connectivity index (χ0n) is 11.6. The molecule has 1 aromatic heterocycles. The molecule has 0 unspecified atom stereocenters. The van der Waals surface area contributed by atoms with Gasteiger partial charge in [-0.2, -0.15) is 0 Å². The molecule has 5 heteroatoms. The fourth-order valence-corrected chi connectivity index (χ4v) is 2.36. The Morgan fingerprint density at radius 1 is 1.47 bits per heavy atom. The lowest BCUT2D eigenvalue weighted by Crippen LogP contribution is -2.46. The molecule has 0 atom stereocenters. The number of ether oxygens (including phenoxy) is 2. The van der Waals surface area contributed by atoms with Crippen LogP contribution in [0.25, 0.3) is 0 Å². The van der Waals surface area contributed by atoms with Gasteiger partial charge in [-0.25, -0.2) is 4.98 Å². The molecule has 0 spiro atoms. The first-order valence-electron chi connectivity index (χ1n) is 6.74. The first kappa shape index (κ1) is 14.1. The molecule has 1 aromatic rings. The van der Waals surface area contributed by atoms with Crippen molar-refractivity contribution < 1.29 is 14.6 Å². The SMILES string of the molecule is CCOc1cccnc1N(C)CC1(O)CCOCC1. The standard InChI is InChI=1S/C14H22N2O3/c1-3-19-12-5-4-8-15-13(12)16(2)11-14(17)6-9-18-10-7-14/h4-5,8,17H,3,6-7,9-11H2,1-2H3. The summed E-state index contributed by atoms with van der Waals surface area (Å²) in [5.41, 5.74) is -0.700. The highest BCUT2D eigenvalue weighted by Crippen LogP contribution is 2.28. The molecule has 1 aliphatic rings. The van der Waals surface area contributed by atoms with Crippen molar-refractivity contribution in [3.05, 3.63) is 18.3 Å². The summed E-state index contributed by atoms with van der Waals surface area (Å²) in [7, 11) is 1.93. The zero-order chi connectivity index (χ0) is 13.7. The van der Waals surface area contributed by atoms with E-state index >= 15 is 0 Å². The second-order valence-corrected chi connectivity index (χ2v) is 4.95. The van der Waals surface area contributed by atoms with E-state index in [1.54, 1.807) is 6.20 Å². The van der Waals surface area contributed by atoms with Crippen molar-refractivity contribution in [2.75, 3.05) is 38.3 Å². The minimum atomic E-state index is -0.700. The number of aromatic nitrogens is 1. The molecule has 0 radical (unpaired) electrons. The molecule has 1 aliphatic heterocycles. The lowest BCUT2D eigenvalue weighted by Gasteiger charge is -2.36. The summed E-state index contributed by atoms with van der Waals surface area (Å²) in [5.74, 6) is 1.52. The van der Waals surface area contributed by atoms with Crippen LogP contribution in [0.4, 0.5) is 5.82 Å². The van der Waals surface area contributed by atoms with Gasteiger partial charge in [0.1, 0.15) is 0 Å². The highest BCUT2D eigenvalue weighted by Gasteiger charge is 2.32. The van der Waals surface area contributed by atoms with Crippen LogP contribution in [0.15, 0.2) is 18.3 Å². The van der Waals surface area contributed by atoms with Crippen molar-refractivity contribution >= 4 is 5.82 Å². The third kappa shape index (κ3) is 3.58. The van der Waals surface area contributed by atoms with Crippen molar-refractivity contribution in [3.63, 3.8) is 0 Å². The maximum absolute atomic E-state index is 10.5. The van der Waals surface area contributed by atoms with Crippen LogP contribution in [0.1, 0.15) is 19.8 Å². The Bertz CT molecular complexity index is 405. The third-order valence-corrected chi connectivity index (χ3v) is 3.37. The topological polar surface area (TPSA) is 54.8 Å². The molecular weight excluding hydrogens is 244 g/mol. The van der Waals surface area contributed by atoms with Gasteiger partial charge >= 0.3 is 0 Å². The Morgan fingerprint density at radius 3 is 2.89 bits per heavy atom. The summed E-state index contributed by atoms with van der Waals surface area (Å²) in [6.07, 6.45) is 3.06. The van der Waals surface area contributed by atoms with E-state index in [0.717, 1.165) is 11.6 Å². The summed E-state index contributed by atoms with van der Waals surface area (Å²) in [6, 6.07) is 3.75. The molecular formula is C14H22N2O3. The number of hydrogen-bond acceptors (Lipinski definition) is 5. The van der Waals surface area contributed by atoms with Crippen molar-refractivity contribution in [1.82, 2.24) is 4.98 Å². The predicted octanol–water partition coefficient (Wildman–Crippen LogP) is 1.46. The van der Waals surface area contributed by atoms with Crippen LogP contribution in [0.2, 0.25) is 0 Å². The second-order valence-electron chi connectivity index (χ2n) is 4.95. The molecule has 0 saturated carbocycles. The first-order valence-corrected chi connectivity index (χ1v) is 6.74. The van der Waals surface area contributed by atoms with Crippen molar-refractivity contribution in [2.24, 2.45) is 0 Å². The molecule has 1 saturated heterocycles. The largest absolute Gasteiger partial charge is 0.490 e. The van der Waals surface area contributed by atoms with E-state index in [-0.39, 0.29) is 0 Å². The average molecular weight is 266 g/mol. The van der Waals surface area contributed by atoms with Crippen LogP contribution < -0.4 is 9.64 Å². The maximum Gasteiger partial charge on any atom is 0.171 e. The summed E-state index contributed by atoms with van der Waals surface area (Å²) in [4.78, 5) is 6.31. The van der Waals surface area contributed by atoms with E-state index < -0.39 is 5.60 Å². The highest BCUT2D eigenvalue weighted by molar-refractivity contribution is 5.51. The maximum atomic E-state index is 10.5. The molecule has 0 aromatic carbocycles. The molecule has 0 bridgehead atoms. The normalized spacial score (nSPS) is 18.1. The van der Waals surface area contributed by atoms with E-state index in [2.05, 4.69) is 4.98 Å². The summed E-state index contributed by atoms with van der Waals surface area (Å²) in [6.45, 7) is 4.32. The Hall–Kier alpha value is -1.33. The van der Waals surface area contributed by atoms with Gasteiger partial charge in [0.05, 0.1) is 12.2 Å². The molecule has 19 heavy (non-hydrogen) atoms. The van der Waals surface area contributed by atoms with E-state index in [1.165, 1.54) is 0 Å². The van der Waals surface area contributed by atoms with Gasteiger partial charge < -0.3 is 19.5 Å². The van der Waals surface area contributed by atoms with Crippen LogP contribution in [0, 0.1) is 0 Å². The lowest BCUT2D eigenvalue weighted by atomic mass is 9.94. The van der Waals surface area contributed by atoms with Gasteiger partial charge in [0.25, 0.3) is 0 Å². The van der Waals surface area contributed by atoms with Crippen LogP contribution >= 0.6 is 0 Å². The molecule has 106 valence electrons. The monoisotopic (exact) mass is 266 g/mol. The van der Waals surface area contributed by atoms with Crippen molar-refractivity contribution in [3.8, 4) is 5.75 Å². The fraction of sp³-hybridized carbons (Fsp3) is 0.643. The Kier molecular flexibility index (Phi) is 4.61. The zero-order valence-corrected chi connectivity index (χ0v) is 11.6. The second kappa shape index (κ2) is 6.21. The molecule has 5 nitrogen and oxygen atoms in total. The lowest BCUT2D eigenvalue weighted by molar-refractivity contribution is -0.0573. The predicted molar refractivity (Wildman–Crippen MR) is 73.7 cm³/mol. The highest BCUT2D eigenvalue weighted by atomic mass is 16.5. The molecule has 0 aliphatic carbocycles. The van der Waals surface area contributed by atoms with Crippen LogP contribution in [0.5, 0.6) is 5.75 Å². The van der Waals surface area contributed by atoms with Crippen molar-refractivity contribution in [2.45, 2.75) is 25.4 Å². The van der Waals surface area contributed by atoms with Gasteiger partial charge in [-0.15, -0.1) is 0 Å². The number of hydrogen-bond donors (Lipinski definition) is 1. The number of pyridine rings is 1. The number of nitrogens with zero attached hydrogens (tertiary/aromatic N) is 2. The van der Waals surface area contributed by atoms with E-state index in [1.807, 2.05) is 31.0 Å². The number of aliphatic hydroxyl groups is 1. The van der Waals surface area contributed by atoms with Crippen molar-refractivity contribution in [1.29, 1.82) is 0 Å². The smallest absolute Gasteiger partial charge is 0.171 e. The van der Waals surface area contributed by atoms with Gasteiger partial charge in [0, 0.05) is 45.8 Å². The van der Waals surface area contributed by atoms with E-state index in [4.69, 9.17) is 9.47 Å². The third-order valence-electron chi connectivity index (χ3n) is 3.37. The van der Waals surface area contributed by atoms with Gasteiger partial charge in [0.2, 0.25) is 0 Å². The first-order chi connectivity index (χ1) is 9.14. The molecule has 1 N–H and O–H groups in total. The fourth-order valence-electron chi connectivity index (χ4n) is 2.36. The van der Waals surface area contributed by atoms with Crippen LogP contribution in [0.3, 0.4) is 0 Å². The van der Waals surface area contributed by atoms with E-state index in [9.17, 15) is 5.11 Å². The average Bonchev–Trinajstić information content (AvgIpc) is 2.40. The molecule has 0 amide bonds.